The molecule has 0 unspecified atom stereocenters. The fourth-order valence-electron chi connectivity index (χ4n) is 3.17. The average molecular weight is 325 g/mol. The third kappa shape index (κ3) is 2.89. The first-order chi connectivity index (χ1) is 11.7. The summed E-state index contributed by atoms with van der Waals surface area (Å²) in [6, 6.07) is 8.24. The van der Waals surface area contributed by atoms with Gasteiger partial charge in [-0.1, -0.05) is 18.2 Å². The van der Waals surface area contributed by atoms with Gasteiger partial charge in [-0.3, -0.25) is 0 Å². The Hall–Kier alpha value is -2.34. The molecule has 4 rings (SSSR count). The van der Waals surface area contributed by atoms with Gasteiger partial charge in [0, 0.05) is 44.0 Å². The lowest BCUT2D eigenvalue weighted by molar-refractivity contribution is 0.286. The Morgan fingerprint density at radius 1 is 1.08 bits per heavy atom. The highest BCUT2D eigenvalue weighted by atomic mass is 16.5. The lowest BCUT2D eigenvalue weighted by Crippen LogP contribution is -2.45. The molecule has 3 heterocycles. The average Bonchev–Trinajstić information content (AvgIpc) is 2.58. The zero-order valence-corrected chi connectivity index (χ0v) is 14.2. The van der Waals surface area contributed by atoms with Crippen LogP contribution < -0.4 is 15.0 Å². The molecule has 1 fully saturated rings. The van der Waals surface area contributed by atoms with Gasteiger partial charge in [0.1, 0.15) is 6.61 Å². The number of nitrogens with zero attached hydrogens (tertiary/aromatic N) is 4. The van der Waals surface area contributed by atoms with Crippen molar-refractivity contribution >= 4 is 11.6 Å². The van der Waals surface area contributed by atoms with Crippen molar-refractivity contribution in [1.29, 1.82) is 0 Å². The van der Waals surface area contributed by atoms with Crippen molar-refractivity contribution in [3.63, 3.8) is 0 Å². The van der Waals surface area contributed by atoms with E-state index in [1.807, 2.05) is 19.1 Å². The van der Waals surface area contributed by atoms with Crippen molar-refractivity contribution in [3.8, 4) is 5.88 Å². The monoisotopic (exact) mass is 325 g/mol. The molecule has 1 N–H and O–H groups in total. The number of anilines is 2. The lowest BCUT2D eigenvalue weighted by Gasteiger charge is -2.33. The van der Waals surface area contributed by atoms with Gasteiger partial charge in [0.2, 0.25) is 11.8 Å². The van der Waals surface area contributed by atoms with Gasteiger partial charge in [0.05, 0.1) is 11.3 Å². The predicted octanol–water partition coefficient (Wildman–Crippen LogP) is 2.04. The SMILES string of the molecule is Cc1nc(N2CCN(C)CC2)nc2c1CNc1ccccc1CO2. The molecule has 0 spiro atoms. The van der Waals surface area contributed by atoms with Crippen molar-refractivity contribution < 1.29 is 4.74 Å². The molecule has 0 aliphatic carbocycles. The molecule has 0 bridgehead atoms. The first-order valence-electron chi connectivity index (χ1n) is 8.46. The molecule has 1 aromatic carbocycles. The summed E-state index contributed by atoms with van der Waals surface area (Å²) in [5.41, 5.74) is 4.30. The number of likely N-dealkylation sites (N-methyl/N-ethyl adjacent to an activating group) is 1. The van der Waals surface area contributed by atoms with E-state index in [1.54, 1.807) is 0 Å². The molecule has 6 heteroatoms. The summed E-state index contributed by atoms with van der Waals surface area (Å²) in [6.45, 7) is 7.23. The number of benzene rings is 1. The number of rotatable bonds is 1. The van der Waals surface area contributed by atoms with Crippen molar-refractivity contribution in [2.45, 2.75) is 20.1 Å². The van der Waals surface area contributed by atoms with Crippen LogP contribution in [0.1, 0.15) is 16.8 Å². The molecule has 2 aromatic rings. The number of hydrogen-bond acceptors (Lipinski definition) is 6. The number of aryl methyl sites for hydroxylation is 1. The summed E-state index contributed by atoms with van der Waals surface area (Å²) >= 11 is 0. The van der Waals surface area contributed by atoms with Crippen LogP contribution in [0.15, 0.2) is 24.3 Å². The maximum Gasteiger partial charge on any atom is 0.228 e. The Bertz CT molecular complexity index is 740. The summed E-state index contributed by atoms with van der Waals surface area (Å²) < 4.78 is 6.06. The summed E-state index contributed by atoms with van der Waals surface area (Å²) in [5.74, 6) is 1.49. The van der Waals surface area contributed by atoms with Crippen molar-refractivity contribution in [3.05, 3.63) is 41.1 Å². The Kier molecular flexibility index (Phi) is 3.98. The summed E-state index contributed by atoms with van der Waals surface area (Å²) in [4.78, 5) is 14.0. The Balaban J connectivity index is 1.62. The van der Waals surface area contributed by atoms with E-state index >= 15 is 0 Å². The molecular weight excluding hydrogens is 302 g/mol. The second-order valence-corrected chi connectivity index (χ2v) is 6.48. The van der Waals surface area contributed by atoms with Gasteiger partial charge in [-0.15, -0.1) is 0 Å². The molecule has 0 radical (unpaired) electrons. The van der Waals surface area contributed by atoms with Crippen molar-refractivity contribution in [1.82, 2.24) is 14.9 Å². The van der Waals surface area contributed by atoms with Crippen LogP contribution in [0.5, 0.6) is 5.88 Å². The van der Waals surface area contributed by atoms with E-state index < -0.39 is 0 Å². The first kappa shape index (κ1) is 15.2. The number of fused-ring (bicyclic) bond motifs is 2. The molecular formula is C18H23N5O. The van der Waals surface area contributed by atoms with E-state index in [-0.39, 0.29) is 0 Å². The fraction of sp³-hybridized carbons (Fsp3) is 0.444. The van der Waals surface area contributed by atoms with Gasteiger partial charge in [0.15, 0.2) is 0 Å². The first-order valence-corrected chi connectivity index (χ1v) is 8.46. The van der Waals surface area contributed by atoms with Crippen molar-refractivity contribution in [2.24, 2.45) is 0 Å². The minimum atomic E-state index is 0.523. The van der Waals surface area contributed by atoms with Crippen LogP contribution in [0.25, 0.3) is 0 Å². The highest BCUT2D eigenvalue weighted by Crippen LogP contribution is 2.28. The molecule has 1 saturated heterocycles. The maximum atomic E-state index is 6.06. The molecule has 0 saturated carbocycles. The highest BCUT2D eigenvalue weighted by Gasteiger charge is 2.21. The number of hydrogen-bond donors (Lipinski definition) is 1. The molecule has 0 atom stereocenters. The van der Waals surface area contributed by atoms with E-state index in [4.69, 9.17) is 14.7 Å². The molecule has 2 aliphatic rings. The third-order valence-corrected chi connectivity index (χ3v) is 4.79. The Morgan fingerprint density at radius 2 is 1.88 bits per heavy atom. The molecule has 6 nitrogen and oxygen atoms in total. The number of para-hydroxylation sites is 1. The zero-order valence-electron chi connectivity index (χ0n) is 14.2. The van der Waals surface area contributed by atoms with E-state index in [9.17, 15) is 0 Å². The largest absolute Gasteiger partial charge is 0.472 e. The predicted molar refractivity (Wildman–Crippen MR) is 94.6 cm³/mol. The van der Waals surface area contributed by atoms with Crippen LogP contribution in [0, 0.1) is 6.92 Å². The molecule has 0 amide bonds. The molecule has 2 aliphatic heterocycles. The van der Waals surface area contributed by atoms with E-state index in [0.29, 0.717) is 19.0 Å². The van der Waals surface area contributed by atoms with Gasteiger partial charge in [-0.05, 0) is 20.0 Å². The summed E-state index contributed by atoms with van der Waals surface area (Å²) in [5, 5.41) is 3.49. The van der Waals surface area contributed by atoms with Gasteiger partial charge >= 0.3 is 0 Å². The quantitative estimate of drug-likeness (QED) is 0.866. The Labute approximate surface area is 142 Å². The minimum absolute atomic E-state index is 0.523. The van der Waals surface area contributed by atoms with Gasteiger partial charge < -0.3 is 19.9 Å². The molecule has 126 valence electrons. The highest BCUT2D eigenvalue weighted by molar-refractivity contribution is 5.53. The van der Waals surface area contributed by atoms with E-state index in [0.717, 1.165) is 54.6 Å². The number of aromatic nitrogens is 2. The van der Waals surface area contributed by atoms with Gasteiger partial charge in [0.25, 0.3) is 0 Å². The van der Waals surface area contributed by atoms with E-state index in [2.05, 4.69) is 34.3 Å². The molecule has 24 heavy (non-hydrogen) atoms. The normalized spacial score (nSPS) is 17.8. The zero-order chi connectivity index (χ0) is 16.5. The van der Waals surface area contributed by atoms with E-state index in [1.165, 1.54) is 0 Å². The number of ether oxygens (including phenoxy) is 1. The van der Waals surface area contributed by atoms with Gasteiger partial charge in [-0.25, -0.2) is 4.98 Å². The minimum Gasteiger partial charge on any atom is -0.472 e. The standard InChI is InChI=1S/C18H23N5O/c1-13-15-11-19-16-6-4-3-5-14(16)12-24-17(15)21-18(20-13)23-9-7-22(2)8-10-23/h3-6,19H,7-12H2,1-2H3. The number of piperazine rings is 1. The van der Waals surface area contributed by atoms with Crippen LogP contribution >= 0.6 is 0 Å². The topological polar surface area (TPSA) is 53.5 Å². The molecule has 1 aromatic heterocycles. The summed E-state index contributed by atoms with van der Waals surface area (Å²) in [7, 11) is 2.15. The smallest absolute Gasteiger partial charge is 0.228 e. The van der Waals surface area contributed by atoms with Crippen LogP contribution in [-0.4, -0.2) is 48.1 Å². The maximum absolute atomic E-state index is 6.06. The second kappa shape index (κ2) is 6.28. The van der Waals surface area contributed by atoms with Crippen LogP contribution in [0.4, 0.5) is 11.6 Å². The number of nitrogens with one attached hydrogen (secondary N) is 1. The van der Waals surface area contributed by atoms with Crippen LogP contribution in [0.2, 0.25) is 0 Å². The van der Waals surface area contributed by atoms with Crippen molar-refractivity contribution in [2.75, 3.05) is 43.4 Å². The van der Waals surface area contributed by atoms with Crippen LogP contribution in [-0.2, 0) is 13.2 Å². The third-order valence-electron chi connectivity index (χ3n) is 4.79. The van der Waals surface area contributed by atoms with Crippen LogP contribution in [0.3, 0.4) is 0 Å². The van der Waals surface area contributed by atoms with Gasteiger partial charge in [-0.2, -0.15) is 4.98 Å². The second-order valence-electron chi connectivity index (χ2n) is 6.48. The Morgan fingerprint density at radius 3 is 2.71 bits per heavy atom. The summed E-state index contributed by atoms with van der Waals surface area (Å²) in [6.07, 6.45) is 0. The lowest BCUT2D eigenvalue weighted by atomic mass is 10.1. The fourth-order valence-corrected chi connectivity index (χ4v) is 3.17.